The molecule has 0 saturated heterocycles. The maximum Gasteiger partial charge on any atom is 0.233 e. The number of hydrogen-bond acceptors (Lipinski definition) is 3. The zero-order valence-electron chi connectivity index (χ0n) is 5.47. The second-order valence-electron chi connectivity index (χ2n) is 2.27. The number of hydrogen-bond donors (Lipinski definition) is 1. The molecule has 1 atom stereocenters. The Kier molecular flexibility index (Phi) is 1.20. The third kappa shape index (κ3) is 1.04. The average molecular weight is 127 g/mol. The fraction of sp³-hybridized carbons (Fsp3) is 0.500. The van der Waals surface area contributed by atoms with E-state index in [0.29, 0.717) is 0 Å². The van der Waals surface area contributed by atoms with Crippen molar-refractivity contribution in [2.75, 3.05) is 0 Å². The van der Waals surface area contributed by atoms with E-state index in [1.807, 2.05) is 6.92 Å². The Hall–Kier alpha value is -0.990. The van der Waals surface area contributed by atoms with Crippen molar-refractivity contribution in [1.29, 1.82) is 0 Å². The first kappa shape index (κ1) is 6.13. The smallest absolute Gasteiger partial charge is 0.233 e. The second kappa shape index (κ2) is 1.76. The van der Waals surface area contributed by atoms with Gasteiger partial charge >= 0.3 is 0 Å². The molecule has 0 saturated carbocycles. The van der Waals surface area contributed by atoms with Crippen LogP contribution in [0.2, 0.25) is 0 Å². The molecule has 1 heterocycles. The van der Waals surface area contributed by atoms with Crippen LogP contribution in [0.4, 0.5) is 0 Å². The quantitative estimate of drug-likeness (QED) is 0.517. The number of rotatable bonds is 1. The molecule has 3 heteroatoms. The van der Waals surface area contributed by atoms with E-state index < -0.39 is 5.72 Å². The third-order valence-corrected chi connectivity index (χ3v) is 1.15. The van der Waals surface area contributed by atoms with Gasteiger partial charge < -0.3 is 10.1 Å². The lowest BCUT2D eigenvalue weighted by atomic mass is 10.3. The molecule has 0 fully saturated rings. The fourth-order valence-electron chi connectivity index (χ4n) is 0.718. The summed E-state index contributed by atoms with van der Waals surface area (Å²) in [5, 5.41) is 2.85. The minimum atomic E-state index is -0.815. The number of carbonyl (C=O) groups is 1. The lowest BCUT2D eigenvalue weighted by Crippen LogP contribution is -2.39. The van der Waals surface area contributed by atoms with Crippen LogP contribution in [0.5, 0.6) is 0 Å². The predicted octanol–water partition coefficient (Wildman–Crippen LogP) is 0.383. The molecule has 0 aromatic rings. The molecule has 0 aromatic carbocycles. The van der Waals surface area contributed by atoms with E-state index in [0.717, 1.165) is 12.0 Å². The molecule has 1 aliphatic heterocycles. The van der Waals surface area contributed by atoms with Crippen molar-refractivity contribution in [2.24, 2.45) is 0 Å². The molecule has 9 heavy (non-hydrogen) atoms. The van der Waals surface area contributed by atoms with Gasteiger partial charge in [0.2, 0.25) is 5.72 Å². The van der Waals surface area contributed by atoms with Crippen molar-refractivity contribution in [3.63, 3.8) is 0 Å². The summed E-state index contributed by atoms with van der Waals surface area (Å²) in [4.78, 5) is 10.3. The topological polar surface area (TPSA) is 38.3 Å². The van der Waals surface area contributed by atoms with Gasteiger partial charge in [0, 0.05) is 12.6 Å². The van der Waals surface area contributed by atoms with Crippen molar-refractivity contribution < 1.29 is 9.53 Å². The lowest BCUT2D eigenvalue weighted by Gasteiger charge is -2.16. The number of carbonyl (C=O) groups excluding carboxylic acids is 1. The van der Waals surface area contributed by atoms with Gasteiger partial charge in [-0.1, -0.05) is 0 Å². The van der Waals surface area contributed by atoms with Crippen LogP contribution in [0, 0.1) is 0 Å². The SMILES string of the molecule is CC1=COC(C)(C=O)N1. The summed E-state index contributed by atoms with van der Waals surface area (Å²) in [6, 6.07) is 0. The van der Waals surface area contributed by atoms with Crippen molar-refractivity contribution in [2.45, 2.75) is 19.6 Å². The highest BCUT2D eigenvalue weighted by molar-refractivity contribution is 5.62. The van der Waals surface area contributed by atoms with E-state index in [9.17, 15) is 4.79 Å². The first-order valence-electron chi connectivity index (χ1n) is 2.75. The summed E-state index contributed by atoms with van der Waals surface area (Å²) in [6.45, 7) is 3.52. The molecule has 3 nitrogen and oxygen atoms in total. The Bertz CT molecular complexity index is 164. The zero-order valence-corrected chi connectivity index (χ0v) is 5.47. The molecule has 0 bridgehead atoms. The minimum Gasteiger partial charge on any atom is -0.467 e. The Morgan fingerprint density at radius 3 is 2.78 bits per heavy atom. The van der Waals surface area contributed by atoms with Crippen LogP contribution < -0.4 is 5.32 Å². The highest BCUT2D eigenvalue weighted by Gasteiger charge is 2.27. The summed E-state index contributed by atoms with van der Waals surface area (Å²) in [5.41, 5.74) is 0.0639. The van der Waals surface area contributed by atoms with Gasteiger partial charge in [-0.05, 0) is 6.92 Å². The summed E-state index contributed by atoms with van der Waals surface area (Å²) in [7, 11) is 0. The maximum atomic E-state index is 10.3. The van der Waals surface area contributed by atoms with E-state index in [4.69, 9.17) is 4.74 Å². The van der Waals surface area contributed by atoms with Crippen molar-refractivity contribution >= 4 is 6.29 Å². The van der Waals surface area contributed by atoms with E-state index in [1.54, 1.807) is 6.92 Å². The summed E-state index contributed by atoms with van der Waals surface area (Å²) in [6.07, 6.45) is 2.27. The van der Waals surface area contributed by atoms with E-state index in [-0.39, 0.29) is 0 Å². The van der Waals surface area contributed by atoms with Crippen LogP contribution in [-0.2, 0) is 9.53 Å². The number of nitrogens with one attached hydrogen (secondary N) is 1. The summed E-state index contributed by atoms with van der Waals surface area (Å²) >= 11 is 0. The summed E-state index contributed by atoms with van der Waals surface area (Å²) in [5.74, 6) is 0. The minimum absolute atomic E-state index is 0.736. The molecule has 0 radical (unpaired) electrons. The number of allylic oxidation sites excluding steroid dienone is 1. The largest absolute Gasteiger partial charge is 0.467 e. The van der Waals surface area contributed by atoms with Crippen LogP contribution in [-0.4, -0.2) is 12.0 Å². The monoisotopic (exact) mass is 127 g/mol. The van der Waals surface area contributed by atoms with E-state index >= 15 is 0 Å². The van der Waals surface area contributed by atoms with Crippen molar-refractivity contribution in [3.05, 3.63) is 12.0 Å². The highest BCUT2D eigenvalue weighted by atomic mass is 16.5. The van der Waals surface area contributed by atoms with Gasteiger partial charge in [0.1, 0.15) is 6.26 Å². The molecule has 1 aliphatic rings. The van der Waals surface area contributed by atoms with Gasteiger partial charge in [0.15, 0.2) is 6.29 Å². The molecule has 0 amide bonds. The third-order valence-electron chi connectivity index (χ3n) is 1.15. The van der Waals surface area contributed by atoms with E-state index in [2.05, 4.69) is 5.32 Å². The highest BCUT2D eigenvalue weighted by Crippen LogP contribution is 2.13. The molecule has 0 spiro atoms. The van der Waals surface area contributed by atoms with E-state index in [1.165, 1.54) is 6.26 Å². The Morgan fingerprint density at radius 1 is 1.89 bits per heavy atom. The van der Waals surface area contributed by atoms with Crippen LogP contribution >= 0.6 is 0 Å². The van der Waals surface area contributed by atoms with Crippen LogP contribution in [0.25, 0.3) is 0 Å². The predicted molar refractivity (Wildman–Crippen MR) is 32.4 cm³/mol. The van der Waals surface area contributed by atoms with Crippen molar-refractivity contribution in [3.8, 4) is 0 Å². The number of aldehydes is 1. The van der Waals surface area contributed by atoms with Crippen LogP contribution in [0.3, 0.4) is 0 Å². The van der Waals surface area contributed by atoms with Crippen LogP contribution in [0.1, 0.15) is 13.8 Å². The molecular weight excluding hydrogens is 118 g/mol. The zero-order chi connectivity index (χ0) is 6.91. The Labute approximate surface area is 53.7 Å². The fourth-order valence-corrected chi connectivity index (χ4v) is 0.718. The summed E-state index contributed by atoms with van der Waals surface area (Å²) < 4.78 is 4.96. The Balaban J connectivity index is 2.63. The molecule has 1 N–H and O–H groups in total. The maximum absolute atomic E-state index is 10.3. The van der Waals surface area contributed by atoms with Crippen molar-refractivity contribution in [1.82, 2.24) is 5.32 Å². The molecule has 50 valence electrons. The van der Waals surface area contributed by atoms with Gasteiger partial charge in [0.05, 0.1) is 0 Å². The molecular formula is C6H9NO2. The molecule has 0 aromatic heterocycles. The van der Waals surface area contributed by atoms with Gasteiger partial charge in [-0.2, -0.15) is 0 Å². The van der Waals surface area contributed by atoms with Crippen LogP contribution in [0.15, 0.2) is 12.0 Å². The first-order valence-corrected chi connectivity index (χ1v) is 2.75. The first-order chi connectivity index (χ1) is 4.16. The molecule has 1 unspecified atom stereocenters. The molecule has 1 rings (SSSR count). The second-order valence-corrected chi connectivity index (χ2v) is 2.27. The standard InChI is InChI=1S/C6H9NO2/c1-5-3-9-6(2,4-8)7-5/h3-4,7H,1-2H3. The number of ether oxygens (including phenoxy) is 1. The van der Waals surface area contributed by atoms with Gasteiger partial charge in [-0.15, -0.1) is 0 Å². The van der Waals surface area contributed by atoms with Gasteiger partial charge in [-0.3, -0.25) is 4.79 Å². The lowest BCUT2D eigenvalue weighted by molar-refractivity contribution is -0.123. The van der Waals surface area contributed by atoms with Gasteiger partial charge in [0.25, 0.3) is 0 Å². The normalized spacial score (nSPS) is 32.4. The average Bonchev–Trinajstić information content (AvgIpc) is 2.13. The molecule has 0 aliphatic carbocycles. The van der Waals surface area contributed by atoms with Gasteiger partial charge in [-0.25, -0.2) is 0 Å². The Morgan fingerprint density at radius 2 is 2.56 bits per heavy atom.